The number of ether oxygens (including phenoxy) is 2. The molecule has 3 rings (SSSR count). The topological polar surface area (TPSA) is 111 Å². The molecule has 1 atom stereocenters. The summed E-state index contributed by atoms with van der Waals surface area (Å²) in [7, 11) is 1.98. The Balaban J connectivity index is 1.91. The molecule has 9 nitrogen and oxygen atoms in total. The zero-order chi connectivity index (χ0) is 29.6. The number of nitrogens with one attached hydrogen (secondary N) is 1. The van der Waals surface area contributed by atoms with E-state index in [1.807, 2.05) is 51.2 Å². The maximum atomic E-state index is 15.5. The molecule has 10 heteroatoms. The standard InChI is InChI=1S/C30H36FN3O6/c1-7-39-28(35)24-19(2)32-20(3)25(26(24)22-14-11-15-23(27(22)31)34(37)38)29(36)40-18-30(4,5)17-33(6)16-21-12-9-8-10-13-21/h8-15,26,32H,7,16-18H2,1-6H3. The fraction of sp³-hybridized carbons (Fsp3) is 0.400. The van der Waals surface area contributed by atoms with Gasteiger partial charge in [0.25, 0.3) is 0 Å². The number of esters is 2. The van der Waals surface area contributed by atoms with Crippen LogP contribution >= 0.6 is 0 Å². The number of halogens is 1. The second-order valence-electron chi connectivity index (χ2n) is 10.7. The molecule has 0 saturated heterocycles. The molecule has 1 heterocycles. The minimum atomic E-state index is -1.27. The first kappa shape index (κ1) is 30.5. The van der Waals surface area contributed by atoms with Gasteiger partial charge in [0.05, 0.1) is 35.2 Å². The van der Waals surface area contributed by atoms with Gasteiger partial charge >= 0.3 is 17.6 Å². The van der Waals surface area contributed by atoms with Crippen molar-refractivity contribution in [3.8, 4) is 0 Å². The number of hydrogen-bond acceptors (Lipinski definition) is 8. The van der Waals surface area contributed by atoms with Crippen LogP contribution in [0.2, 0.25) is 0 Å². The van der Waals surface area contributed by atoms with Gasteiger partial charge in [-0.15, -0.1) is 0 Å². The lowest BCUT2D eigenvalue weighted by Crippen LogP contribution is -2.37. The van der Waals surface area contributed by atoms with Crippen molar-refractivity contribution in [1.29, 1.82) is 0 Å². The summed E-state index contributed by atoms with van der Waals surface area (Å²) in [6.45, 7) is 10.2. The molecule has 1 aliphatic heterocycles. The van der Waals surface area contributed by atoms with E-state index in [2.05, 4.69) is 10.2 Å². The first-order valence-electron chi connectivity index (χ1n) is 13.0. The van der Waals surface area contributed by atoms with Crippen LogP contribution in [0.4, 0.5) is 10.1 Å². The molecule has 0 saturated carbocycles. The number of nitrogens with zero attached hydrogens (tertiary/aromatic N) is 2. The second kappa shape index (κ2) is 12.9. The summed E-state index contributed by atoms with van der Waals surface area (Å²) in [4.78, 5) is 39.4. The minimum absolute atomic E-state index is 0.0125. The molecule has 0 fully saturated rings. The SMILES string of the molecule is CCOC(=O)C1=C(C)NC(C)=C(C(=O)OCC(C)(C)CN(C)Cc2ccccc2)C1c1cccc([N+](=O)[O-])c1F. The Bertz CT molecular complexity index is 1340. The van der Waals surface area contributed by atoms with Gasteiger partial charge in [0.15, 0.2) is 0 Å². The molecule has 2 aromatic rings. The highest BCUT2D eigenvalue weighted by Gasteiger charge is 2.41. The first-order valence-corrected chi connectivity index (χ1v) is 13.0. The van der Waals surface area contributed by atoms with Gasteiger partial charge in [-0.25, -0.2) is 9.59 Å². The summed E-state index contributed by atoms with van der Waals surface area (Å²) in [5.74, 6) is -3.91. The molecule has 0 aromatic heterocycles. The van der Waals surface area contributed by atoms with E-state index in [-0.39, 0.29) is 29.9 Å². The molecule has 0 bridgehead atoms. The predicted molar refractivity (Wildman–Crippen MR) is 148 cm³/mol. The zero-order valence-electron chi connectivity index (χ0n) is 23.7. The third kappa shape index (κ3) is 7.12. The number of benzene rings is 2. The van der Waals surface area contributed by atoms with Gasteiger partial charge in [0.1, 0.15) is 0 Å². The minimum Gasteiger partial charge on any atom is -0.463 e. The van der Waals surface area contributed by atoms with Crippen molar-refractivity contribution in [1.82, 2.24) is 10.2 Å². The lowest BCUT2D eigenvalue weighted by atomic mass is 9.80. The maximum absolute atomic E-state index is 15.5. The van der Waals surface area contributed by atoms with Gasteiger partial charge in [-0.1, -0.05) is 56.3 Å². The van der Waals surface area contributed by atoms with E-state index in [9.17, 15) is 19.7 Å². The van der Waals surface area contributed by atoms with E-state index in [4.69, 9.17) is 9.47 Å². The van der Waals surface area contributed by atoms with Gasteiger partial charge in [-0.3, -0.25) is 10.1 Å². The highest BCUT2D eigenvalue weighted by Crippen LogP contribution is 2.42. The third-order valence-electron chi connectivity index (χ3n) is 6.58. The van der Waals surface area contributed by atoms with E-state index in [1.54, 1.807) is 20.8 Å². The molecule has 1 aliphatic rings. The van der Waals surface area contributed by atoms with Crippen LogP contribution in [0.5, 0.6) is 0 Å². The lowest BCUT2D eigenvalue weighted by Gasteiger charge is -2.32. The van der Waals surface area contributed by atoms with Crippen molar-refractivity contribution in [3.05, 3.63) is 98.1 Å². The van der Waals surface area contributed by atoms with E-state index >= 15 is 4.39 Å². The Morgan fingerprint density at radius 3 is 2.20 bits per heavy atom. The van der Waals surface area contributed by atoms with Crippen molar-refractivity contribution >= 4 is 17.6 Å². The number of allylic oxidation sites excluding steroid dienone is 2. The van der Waals surface area contributed by atoms with Crippen LogP contribution in [0.25, 0.3) is 0 Å². The van der Waals surface area contributed by atoms with Crippen LogP contribution in [0, 0.1) is 21.3 Å². The normalized spacial score (nSPS) is 15.7. The first-order chi connectivity index (χ1) is 18.9. The van der Waals surface area contributed by atoms with Crippen LogP contribution in [0.3, 0.4) is 0 Å². The van der Waals surface area contributed by atoms with Crippen LogP contribution in [0.1, 0.15) is 51.7 Å². The lowest BCUT2D eigenvalue weighted by molar-refractivity contribution is -0.387. The van der Waals surface area contributed by atoms with Crippen LogP contribution in [-0.4, -0.2) is 48.6 Å². The average molecular weight is 554 g/mol. The number of hydrogen-bond donors (Lipinski definition) is 1. The highest BCUT2D eigenvalue weighted by atomic mass is 19.1. The number of nitro groups is 1. The molecule has 0 radical (unpaired) electrons. The third-order valence-corrected chi connectivity index (χ3v) is 6.58. The number of carbonyl (C=O) groups is 2. The maximum Gasteiger partial charge on any atom is 0.336 e. The van der Waals surface area contributed by atoms with Crippen molar-refractivity contribution in [2.45, 2.75) is 47.1 Å². The summed E-state index contributed by atoms with van der Waals surface area (Å²) >= 11 is 0. The predicted octanol–water partition coefficient (Wildman–Crippen LogP) is 5.23. The molecule has 1 unspecified atom stereocenters. The summed E-state index contributed by atoms with van der Waals surface area (Å²) in [5.41, 5.74) is 0.440. The number of dihydropyridines is 1. The Hall–Kier alpha value is -4.05. The second-order valence-corrected chi connectivity index (χ2v) is 10.7. The molecule has 1 N–H and O–H groups in total. The van der Waals surface area contributed by atoms with Gasteiger partial charge < -0.3 is 19.7 Å². The van der Waals surface area contributed by atoms with E-state index in [0.717, 1.165) is 11.6 Å². The molecule has 214 valence electrons. The van der Waals surface area contributed by atoms with Gasteiger partial charge in [0, 0.05) is 41.5 Å². The Morgan fingerprint density at radius 2 is 1.62 bits per heavy atom. The Labute approximate surface area is 233 Å². The van der Waals surface area contributed by atoms with E-state index in [0.29, 0.717) is 24.5 Å². The van der Waals surface area contributed by atoms with Gasteiger partial charge in [0.2, 0.25) is 5.82 Å². The smallest absolute Gasteiger partial charge is 0.336 e. The van der Waals surface area contributed by atoms with Gasteiger partial charge in [-0.05, 0) is 33.4 Å². The van der Waals surface area contributed by atoms with Gasteiger partial charge in [-0.2, -0.15) is 4.39 Å². The molecule has 0 spiro atoms. The summed E-state index contributed by atoms with van der Waals surface area (Å²) in [5, 5.41) is 14.5. The zero-order valence-corrected chi connectivity index (χ0v) is 23.7. The van der Waals surface area contributed by atoms with Crippen LogP contribution < -0.4 is 5.32 Å². The number of nitro benzene ring substituents is 1. The van der Waals surface area contributed by atoms with Crippen molar-refractivity contribution in [3.63, 3.8) is 0 Å². The number of rotatable bonds is 11. The average Bonchev–Trinajstić information content (AvgIpc) is 2.87. The van der Waals surface area contributed by atoms with Crippen molar-refractivity contribution in [2.75, 3.05) is 26.8 Å². The summed E-state index contributed by atoms with van der Waals surface area (Å²) < 4.78 is 26.5. The molecule has 40 heavy (non-hydrogen) atoms. The Kier molecular flexibility index (Phi) is 9.81. The van der Waals surface area contributed by atoms with Crippen LogP contribution in [0.15, 0.2) is 71.1 Å². The van der Waals surface area contributed by atoms with Crippen molar-refractivity contribution < 1.29 is 28.4 Å². The quantitative estimate of drug-likeness (QED) is 0.229. The Morgan fingerprint density at radius 1 is 1.02 bits per heavy atom. The molecular weight excluding hydrogens is 517 g/mol. The largest absolute Gasteiger partial charge is 0.463 e. The molecule has 0 aliphatic carbocycles. The highest BCUT2D eigenvalue weighted by molar-refractivity contribution is 6.00. The fourth-order valence-electron chi connectivity index (χ4n) is 5.02. The fourth-order valence-corrected chi connectivity index (χ4v) is 5.02. The summed E-state index contributed by atoms with van der Waals surface area (Å²) in [6.07, 6.45) is 0. The monoisotopic (exact) mass is 553 g/mol. The number of carbonyl (C=O) groups excluding carboxylic acids is 2. The van der Waals surface area contributed by atoms with E-state index in [1.165, 1.54) is 12.1 Å². The molecule has 0 amide bonds. The van der Waals surface area contributed by atoms with Crippen molar-refractivity contribution in [2.24, 2.45) is 5.41 Å². The summed E-state index contributed by atoms with van der Waals surface area (Å²) in [6, 6.07) is 13.7. The molecule has 2 aromatic carbocycles. The van der Waals surface area contributed by atoms with Crippen LogP contribution in [-0.2, 0) is 25.6 Å². The molecular formula is C30H36FN3O6. The van der Waals surface area contributed by atoms with E-state index < -0.39 is 39.7 Å².